The van der Waals surface area contributed by atoms with E-state index in [1.807, 2.05) is 24.3 Å². The van der Waals surface area contributed by atoms with Crippen LogP contribution in [0.25, 0.3) is 21.4 Å². The molecule has 3 heterocycles. The Kier molecular flexibility index (Phi) is 4.50. The molecule has 6 heteroatoms. The summed E-state index contributed by atoms with van der Waals surface area (Å²) in [4.78, 5) is 14.7. The van der Waals surface area contributed by atoms with Crippen LogP contribution in [0.4, 0.5) is 0 Å². The summed E-state index contributed by atoms with van der Waals surface area (Å²) in [7, 11) is 1.58. The lowest BCUT2D eigenvalue weighted by molar-refractivity contribution is 0.0928. The van der Waals surface area contributed by atoms with E-state index in [1.165, 1.54) is 4.88 Å². The molecule has 1 amide bonds. The molecule has 0 aliphatic carbocycles. The van der Waals surface area contributed by atoms with Crippen LogP contribution in [0, 0.1) is 0 Å². The van der Waals surface area contributed by atoms with Gasteiger partial charge in [-0.05, 0) is 36.8 Å². The Hall–Kier alpha value is -2.99. The van der Waals surface area contributed by atoms with Crippen molar-refractivity contribution in [3.05, 3.63) is 65.6 Å². The smallest absolute Gasteiger partial charge is 0.287 e. The van der Waals surface area contributed by atoms with E-state index in [2.05, 4.69) is 17.4 Å². The number of methoxy groups -OCH3 is 1. The van der Waals surface area contributed by atoms with Crippen molar-refractivity contribution in [3.8, 4) is 16.2 Å². The van der Waals surface area contributed by atoms with Gasteiger partial charge in [0.25, 0.3) is 5.91 Å². The van der Waals surface area contributed by atoms with Crippen LogP contribution in [0.1, 0.15) is 15.4 Å². The van der Waals surface area contributed by atoms with Crippen molar-refractivity contribution < 1.29 is 18.4 Å². The molecule has 132 valence electrons. The SMILES string of the molecule is COc1cccc2cc(C(=O)NCCc3ccc(-c4ccoc4)s3)oc12. The minimum absolute atomic E-state index is 0.227. The third-order valence-corrected chi connectivity index (χ3v) is 5.27. The second-order valence-electron chi connectivity index (χ2n) is 5.77. The Morgan fingerprint density at radius 2 is 2.15 bits per heavy atom. The van der Waals surface area contributed by atoms with Crippen LogP contribution in [-0.4, -0.2) is 19.6 Å². The van der Waals surface area contributed by atoms with Crippen molar-refractivity contribution in [1.29, 1.82) is 0 Å². The van der Waals surface area contributed by atoms with Crippen molar-refractivity contribution in [2.24, 2.45) is 0 Å². The Labute approximate surface area is 154 Å². The first-order valence-corrected chi connectivity index (χ1v) is 9.02. The summed E-state index contributed by atoms with van der Waals surface area (Å²) in [5, 5.41) is 3.75. The molecule has 1 aromatic carbocycles. The minimum atomic E-state index is -0.227. The van der Waals surface area contributed by atoms with Crippen molar-refractivity contribution >= 4 is 28.2 Å². The van der Waals surface area contributed by atoms with Gasteiger partial charge in [-0.2, -0.15) is 0 Å². The minimum Gasteiger partial charge on any atom is -0.493 e. The highest BCUT2D eigenvalue weighted by molar-refractivity contribution is 7.15. The second kappa shape index (κ2) is 7.09. The standard InChI is InChI=1S/C20H17NO4S/c1-23-16-4-2-3-13-11-17(25-19(13)16)20(22)21-9-7-15-5-6-18(26-15)14-8-10-24-12-14/h2-6,8,10-12H,7,9H2,1H3,(H,21,22). The van der Waals surface area contributed by atoms with Crippen LogP contribution >= 0.6 is 11.3 Å². The quantitative estimate of drug-likeness (QED) is 0.535. The molecule has 4 rings (SSSR count). The Bertz CT molecular complexity index is 1030. The van der Waals surface area contributed by atoms with Crippen LogP contribution in [-0.2, 0) is 6.42 Å². The molecule has 0 saturated heterocycles. The predicted octanol–water partition coefficient (Wildman–Crippen LogP) is 4.74. The Morgan fingerprint density at radius 1 is 1.23 bits per heavy atom. The van der Waals surface area contributed by atoms with E-state index in [4.69, 9.17) is 13.6 Å². The number of hydrogen-bond donors (Lipinski definition) is 1. The number of para-hydroxylation sites is 1. The summed E-state index contributed by atoms with van der Waals surface area (Å²) in [6.07, 6.45) is 4.16. The maximum atomic E-state index is 12.3. The molecule has 1 N–H and O–H groups in total. The molecular weight excluding hydrogens is 350 g/mol. The normalized spacial score (nSPS) is 11.0. The van der Waals surface area contributed by atoms with E-state index in [9.17, 15) is 4.79 Å². The highest BCUT2D eigenvalue weighted by atomic mass is 32.1. The van der Waals surface area contributed by atoms with Crippen LogP contribution < -0.4 is 10.1 Å². The van der Waals surface area contributed by atoms with Gasteiger partial charge in [-0.1, -0.05) is 12.1 Å². The molecule has 0 unspecified atom stereocenters. The number of hydrogen-bond acceptors (Lipinski definition) is 5. The number of nitrogens with one attached hydrogen (secondary N) is 1. The topological polar surface area (TPSA) is 64.6 Å². The predicted molar refractivity (Wildman–Crippen MR) is 101 cm³/mol. The summed E-state index contributed by atoms with van der Waals surface area (Å²) >= 11 is 1.70. The molecule has 0 aliphatic heterocycles. The lowest BCUT2D eigenvalue weighted by atomic mass is 10.2. The fraction of sp³-hybridized carbons (Fsp3) is 0.150. The number of ether oxygens (including phenoxy) is 1. The summed E-state index contributed by atoms with van der Waals surface area (Å²) < 4.78 is 16.0. The molecule has 0 bridgehead atoms. The Morgan fingerprint density at radius 3 is 2.96 bits per heavy atom. The van der Waals surface area contributed by atoms with Gasteiger partial charge >= 0.3 is 0 Å². The van der Waals surface area contributed by atoms with Crippen molar-refractivity contribution in [2.75, 3.05) is 13.7 Å². The number of benzene rings is 1. The summed E-state index contributed by atoms with van der Waals surface area (Å²) in [6.45, 7) is 0.540. The van der Waals surface area contributed by atoms with Crippen molar-refractivity contribution in [1.82, 2.24) is 5.32 Å². The maximum Gasteiger partial charge on any atom is 0.287 e. The summed E-state index contributed by atoms with van der Waals surface area (Å²) in [5.74, 6) is 0.677. The number of amides is 1. The molecule has 3 aromatic heterocycles. The van der Waals surface area contributed by atoms with Crippen molar-refractivity contribution in [2.45, 2.75) is 6.42 Å². The molecule has 0 fully saturated rings. The van der Waals surface area contributed by atoms with Crippen molar-refractivity contribution in [3.63, 3.8) is 0 Å². The molecule has 0 saturated carbocycles. The first kappa shape index (κ1) is 16.5. The average Bonchev–Trinajstić information content (AvgIpc) is 3.39. The van der Waals surface area contributed by atoms with E-state index >= 15 is 0 Å². The molecule has 0 spiro atoms. The van der Waals surface area contributed by atoms with Crippen LogP contribution in [0.15, 0.2) is 63.8 Å². The van der Waals surface area contributed by atoms with Gasteiger partial charge in [-0.15, -0.1) is 11.3 Å². The zero-order chi connectivity index (χ0) is 17.9. The zero-order valence-corrected chi connectivity index (χ0v) is 15.0. The molecule has 5 nitrogen and oxygen atoms in total. The fourth-order valence-electron chi connectivity index (χ4n) is 2.77. The van der Waals surface area contributed by atoms with Gasteiger partial charge in [0.15, 0.2) is 17.1 Å². The number of carbonyl (C=O) groups excluding carboxylic acids is 1. The van der Waals surface area contributed by atoms with E-state index in [0.717, 1.165) is 22.2 Å². The zero-order valence-electron chi connectivity index (χ0n) is 14.2. The van der Waals surface area contributed by atoms with Gasteiger partial charge in [-0.3, -0.25) is 4.79 Å². The molecular formula is C20H17NO4S. The third-order valence-electron chi connectivity index (χ3n) is 4.08. The largest absolute Gasteiger partial charge is 0.493 e. The number of fused-ring (bicyclic) bond motifs is 1. The van der Waals surface area contributed by atoms with E-state index in [1.54, 1.807) is 37.0 Å². The first-order chi connectivity index (χ1) is 12.7. The van der Waals surface area contributed by atoms with E-state index < -0.39 is 0 Å². The Balaban J connectivity index is 1.38. The van der Waals surface area contributed by atoms with Crippen LogP contribution in [0.3, 0.4) is 0 Å². The summed E-state index contributed by atoms with van der Waals surface area (Å²) in [5.41, 5.74) is 1.66. The van der Waals surface area contributed by atoms with E-state index in [0.29, 0.717) is 17.9 Å². The van der Waals surface area contributed by atoms with Crippen LogP contribution in [0.5, 0.6) is 5.75 Å². The number of carbonyl (C=O) groups is 1. The lowest BCUT2D eigenvalue weighted by Crippen LogP contribution is -2.24. The summed E-state index contributed by atoms with van der Waals surface area (Å²) in [6, 6.07) is 13.4. The number of thiophene rings is 1. The van der Waals surface area contributed by atoms with Crippen LogP contribution in [0.2, 0.25) is 0 Å². The first-order valence-electron chi connectivity index (χ1n) is 8.20. The number of rotatable bonds is 6. The highest BCUT2D eigenvalue weighted by Crippen LogP contribution is 2.29. The van der Waals surface area contributed by atoms with E-state index in [-0.39, 0.29) is 11.7 Å². The highest BCUT2D eigenvalue weighted by Gasteiger charge is 2.14. The fourth-order valence-corrected chi connectivity index (χ4v) is 3.76. The third kappa shape index (κ3) is 3.23. The van der Waals surface area contributed by atoms with Gasteiger partial charge < -0.3 is 18.9 Å². The second-order valence-corrected chi connectivity index (χ2v) is 6.94. The molecule has 0 radical (unpaired) electrons. The number of furan rings is 2. The lowest BCUT2D eigenvalue weighted by Gasteiger charge is -2.01. The van der Waals surface area contributed by atoms with Gasteiger partial charge in [0, 0.05) is 27.2 Å². The molecule has 26 heavy (non-hydrogen) atoms. The van der Waals surface area contributed by atoms with Gasteiger partial charge in [0.2, 0.25) is 0 Å². The van der Waals surface area contributed by atoms with Gasteiger partial charge in [0.05, 0.1) is 19.6 Å². The monoisotopic (exact) mass is 367 g/mol. The molecule has 0 aliphatic rings. The molecule has 4 aromatic rings. The van der Waals surface area contributed by atoms with Gasteiger partial charge in [0.1, 0.15) is 0 Å². The average molecular weight is 367 g/mol. The van der Waals surface area contributed by atoms with Gasteiger partial charge in [-0.25, -0.2) is 0 Å². The maximum absolute atomic E-state index is 12.3. The molecule has 0 atom stereocenters.